The van der Waals surface area contributed by atoms with Crippen LogP contribution in [0.4, 0.5) is 0 Å². The molecule has 0 saturated heterocycles. The SMILES string of the molecule is CO[P+](=O)Oc1ccc(SC)cc1. The van der Waals surface area contributed by atoms with Crippen LogP contribution in [-0.4, -0.2) is 13.4 Å². The molecule has 0 aliphatic carbocycles. The molecule has 0 aliphatic heterocycles. The van der Waals surface area contributed by atoms with Crippen LogP contribution in [0.2, 0.25) is 0 Å². The average Bonchev–Trinajstić information content (AvgIpc) is 2.19. The summed E-state index contributed by atoms with van der Waals surface area (Å²) in [7, 11) is -0.683. The van der Waals surface area contributed by atoms with Gasteiger partial charge >= 0.3 is 8.25 Å². The maximum absolute atomic E-state index is 10.8. The summed E-state index contributed by atoms with van der Waals surface area (Å²) in [5.74, 6) is 0.556. The van der Waals surface area contributed by atoms with Gasteiger partial charge in [0.1, 0.15) is 0 Å². The Morgan fingerprint density at radius 3 is 2.38 bits per heavy atom. The van der Waals surface area contributed by atoms with E-state index in [-0.39, 0.29) is 0 Å². The zero-order valence-corrected chi connectivity index (χ0v) is 9.10. The van der Waals surface area contributed by atoms with Crippen LogP contribution in [0.5, 0.6) is 5.75 Å². The van der Waals surface area contributed by atoms with E-state index in [9.17, 15) is 4.57 Å². The van der Waals surface area contributed by atoms with Crippen LogP contribution in [0.15, 0.2) is 29.2 Å². The summed E-state index contributed by atoms with van der Waals surface area (Å²) in [6.45, 7) is 0. The predicted molar refractivity (Wildman–Crippen MR) is 53.5 cm³/mol. The van der Waals surface area contributed by atoms with Crippen molar-refractivity contribution >= 4 is 20.0 Å². The molecule has 0 radical (unpaired) electrons. The van der Waals surface area contributed by atoms with Crippen molar-refractivity contribution in [3.8, 4) is 5.75 Å². The van der Waals surface area contributed by atoms with E-state index in [2.05, 4.69) is 4.52 Å². The van der Waals surface area contributed by atoms with Crippen molar-refractivity contribution in [1.29, 1.82) is 0 Å². The highest BCUT2D eigenvalue weighted by Crippen LogP contribution is 2.28. The molecule has 1 aromatic rings. The maximum atomic E-state index is 10.8. The Balaban J connectivity index is 2.64. The van der Waals surface area contributed by atoms with Crippen molar-refractivity contribution in [3.05, 3.63) is 24.3 Å². The van der Waals surface area contributed by atoms with Gasteiger partial charge in [0.2, 0.25) is 0 Å². The molecule has 1 rings (SSSR count). The molecule has 0 heterocycles. The predicted octanol–water partition coefficient (Wildman–Crippen LogP) is 3.09. The first-order chi connectivity index (χ1) is 6.26. The van der Waals surface area contributed by atoms with E-state index in [1.807, 2.05) is 18.4 Å². The minimum absolute atomic E-state index is 0.556. The lowest BCUT2D eigenvalue weighted by Crippen LogP contribution is -1.82. The van der Waals surface area contributed by atoms with Crippen LogP contribution in [0.3, 0.4) is 0 Å². The summed E-state index contributed by atoms with van der Waals surface area (Å²) in [6.07, 6.45) is 1.99. The highest BCUT2D eigenvalue weighted by atomic mass is 32.2. The lowest BCUT2D eigenvalue weighted by molar-refractivity contribution is 0.349. The van der Waals surface area contributed by atoms with Gasteiger partial charge in [0, 0.05) is 9.46 Å². The second kappa shape index (κ2) is 5.22. The smallest absolute Gasteiger partial charge is 0.229 e. The molecule has 0 N–H and O–H groups in total. The van der Waals surface area contributed by atoms with Crippen molar-refractivity contribution in [3.63, 3.8) is 0 Å². The van der Waals surface area contributed by atoms with E-state index in [1.54, 1.807) is 23.9 Å². The molecule has 70 valence electrons. The molecule has 0 spiro atoms. The molecule has 0 amide bonds. The molecule has 1 atom stereocenters. The fourth-order valence-corrected chi connectivity index (χ4v) is 1.54. The number of hydrogen-bond donors (Lipinski definition) is 0. The standard InChI is InChI=1S/C8H10O3PS/c1-10-12(9)11-7-3-5-8(13-2)6-4-7/h3-6H,1-2H3/q+1. The zero-order chi connectivity index (χ0) is 9.68. The van der Waals surface area contributed by atoms with Crippen LogP contribution in [0.1, 0.15) is 0 Å². The molecule has 3 nitrogen and oxygen atoms in total. The number of rotatable bonds is 4. The van der Waals surface area contributed by atoms with Crippen LogP contribution in [-0.2, 0) is 9.09 Å². The monoisotopic (exact) mass is 217 g/mol. The summed E-state index contributed by atoms with van der Waals surface area (Å²) < 4.78 is 20.3. The van der Waals surface area contributed by atoms with E-state index < -0.39 is 8.25 Å². The van der Waals surface area contributed by atoms with Crippen molar-refractivity contribution in [2.24, 2.45) is 0 Å². The minimum atomic E-state index is -2.03. The van der Waals surface area contributed by atoms with E-state index in [0.29, 0.717) is 5.75 Å². The Labute approximate surface area is 82.4 Å². The summed E-state index contributed by atoms with van der Waals surface area (Å²) in [4.78, 5) is 1.14. The normalized spacial score (nSPS) is 11.1. The van der Waals surface area contributed by atoms with Crippen LogP contribution in [0.25, 0.3) is 0 Å². The van der Waals surface area contributed by atoms with Gasteiger partial charge in [-0.05, 0) is 30.5 Å². The summed E-state index contributed by atoms with van der Waals surface area (Å²) in [5, 5.41) is 0. The fourth-order valence-electron chi connectivity index (χ4n) is 0.760. The van der Waals surface area contributed by atoms with Gasteiger partial charge in [-0.25, -0.2) is 4.52 Å². The topological polar surface area (TPSA) is 35.5 Å². The quantitative estimate of drug-likeness (QED) is 0.573. The lowest BCUT2D eigenvalue weighted by Gasteiger charge is -1.94. The molecule has 1 aromatic carbocycles. The van der Waals surface area contributed by atoms with Gasteiger partial charge < -0.3 is 0 Å². The van der Waals surface area contributed by atoms with Crippen molar-refractivity contribution < 1.29 is 13.6 Å². The largest absolute Gasteiger partial charge is 0.749 e. The van der Waals surface area contributed by atoms with Crippen LogP contribution < -0.4 is 4.52 Å². The maximum Gasteiger partial charge on any atom is 0.749 e. The molecule has 0 saturated carbocycles. The van der Waals surface area contributed by atoms with Crippen molar-refractivity contribution in [2.45, 2.75) is 4.90 Å². The first kappa shape index (κ1) is 10.5. The number of benzene rings is 1. The Bertz CT molecular complexity index is 286. The average molecular weight is 217 g/mol. The third-order valence-corrected chi connectivity index (χ3v) is 2.79. The van der Waals surface area contributed by atoms with E-state index in [1.165, 1.54) is 7.11 Å². The van der Waals surface area contributed by atoms with E-state index >= 15 is 0 Å². The van der Waals surface area contributed by atoms with Gasteiger partial charge in [-0.1, -0.05) is 0 Å². The van der Waals surface area contributed by atoms with Crippen LogP contribution >= 0.6 is 20.0 Å². The van der Waals surface area contributed by atoms with Gasteiger partial charge in [-0.3, -0.25) is 0 Å². The van der Waals surface area contributed by atoms with Crippen molar-refractivity contribution in [1.82, 2.24) is 0 Å². The summed E-state index contributed by atoms with van der Waals surface area (Å²) >= 11 is 1.64. The third-order valence-electron chi connectivity index (χ3n) is 1.39. The van der Waals surface area contributed by atoms with E-state index in [4.69, 9.17) is 4.52 Å². The lowest BCUT2D eigenvalue weighted by atomic mass is 10.3. The molecule has 13 heavy (non-hydrogen) atoms. The van der Waals surface area contributed by atoms with Gasteiger partial charge in [-0.15, -0.1) is 16.3 Å². The zero-order valence-electron chi connectivity index (χ0n) is 7.39. The van der Waals surface area contributed by atoms with Gasteiger partial charge in [-0.2, -0.15) is 0 Å². The Hall–Kier alpha value is -0.570. The summed E-state index contributed by atoms with van der Waals surface area (Å²) in [6, 6.07) is 7.33. The molecule has 1 unspecified atom stereocenters. The Morgan fingerprint density at radius 1 is 1.31 bits per heavy atom. The molecule has 0 aromatic heterocycles. The second-order valence-corrected chi connectivity index (χ2v) is 4.05. The van der Waals surface area contributed by atoms with Crippen molar-refractivity contribution in [2.75, 3.05) is 13.4 Å². The van der Waals surface area contributed by atoms with Gasteiger partial charge in [0.05, 0.1) is 7.11 Å². The molecule has 5 heteroatoms. The first-order valence-corrected chi connectivity index (χ1v) is 5.91. The first-order valence-electron chi connectivity index (χ1n) is 3.59. The Kier molecular flexibility index (Phi) is 4.22. The fraction of sp³-hybridized carbons (Fsp3) is 0.250. The molecular weight excluding hydrogens is 207 g/mol. The Morgan fingerprint density at radius 2 is 1.92 bits per heavy atom. The molecule has 0 bridgehead atoms. The molecular formula is C8H10O3PS+. The van der Waals surface area contributed by atoms with Gasteiger partial charge in [0.15, 0.2) is 5.75 Å². The highest BCUT2D eigenvalue weighted by molar-refractivity contribution is 7.98. The minimum Gasteiger partial charge on any atom is -0.229 e. The molecule has 0 aliphatic rings. The molecule has 0 fully saturated rings. The van der Waals surface area contributed by atoms with Gasteiger partial charge in [0.25, 0.3) is 0 Å². The highest BCUT2D eigenvalue weighted by Gasteiger charge is 2.18. The van der Waals surface area contributed by atoms with Crippen LogP contribution in [0, 0.1) is 0 Å². The summed E-state index contributed by atoms with van der Waals surface area (Å²) in [5.41, 5.74) is 0. The number of hydrogen-bond acceptors (Lipinski definition) is 4. The third kappa shape index (κ3) is 3.35. The van der Waals surface area contributed by atoms with E-state index in [0.717, 1.165) is 4.90 Å². The second-order valence-electron chi connectivity index (χ2n) is 2.17. The number of thioether (sulfide) groups is 1.